The average molecular weight is 245 g/mol. The number of fused-ring (bicyclic) bond motifs is 1. The van der Waals surface area contributed by atoms with E-state index >= 15 is 0 Å². The molecule has 1 aromatic rings. The Balaban J connectivity index is 2.62. The van der Waals surface area contributed by atoms with Gasteiger partial charge in [0.1, 0.15) is 0 Å². The molecule has 1 atom stereocenters. The van der Waals surface area contributed by atoms with Crippen molar-refractivity contribution in [2.45, 2.75) is 54.0 Å². The van der Waals surface area contributed by atoms with Crippen LogP contribution in [0.1, 0.15) is 58.7 Å². The molecular weight excluding hydrogens is 218 g/mol. The molecule has 0 unspecified atom stereocenters. The monoisotopic (exact) mass is 245 g/mol. The SMILES string of the molecule is CC(C)(C)C1(C(C)(C)C)Cc2ccccc2[C@H]1N. The van der Waals surface area contributed by atoms with Crippen molar-refractivity contribution < 1.29 is 0 Å². The summed E-state index contributed by atoms with van der Waals surface area (Å²) in [4.78, 5) is 0. The van der Waals surface area contributed by atoms with Gasteiger partial charge < -0.3 is 5.73 Å². The van der Waals surface area contributed by atoms with Crippen LogP contribution in [0.2, 0.25) is 0 Å². The molecule has 0 aliphatic heterocycles. The zero-order valence-corrected chi connectivity index (χ0v) is 12.7. The first kappa shape index (κ1) is 13.6. The van der Waals surface area contributed by atoms with E-state index in [0.29, 0.717) is 0 Å². The van der Waals surface area contributed by atoms with E-state index in [9.17, 15) is 0 Å². The molecule has 0 fully saturated rings. The summed E-state index contributed by atoms with van der Waals surface area (Å²) in [5.74, 6) is 0. The first-order chi connectivity index (χ1) is 8.11. The zero-order valence-electron chi connectivity index (χ0n) is 12.7. The minimum atomic E-state index is 0.115. The fraction of sp³-hybridized carbons (Fsp3) is 0.647. The molecule has 1 aliphatic carbocycles. The van der Waals surface area contributed by atoms with Crippen LogP contribution in [0.4, 0.5) is 0 Å². The summed E-state index contributed by atoms with van der Waals surface area (Å²) in [6, 6.07) is 8.83. The second kappa shape index (κ2) is 3.84. The van der Waals surface area contributed by atoms with Gasteiger partial charge in [0.15, 0.2) is 0 Å². The topological polar surface area (TPSA) is 26.0 Å². The highest BCUT2D eigenvalue weighted by molar-refractivity contribution is 5.40. The number of hydrogen-bond donors (Lipinski definition) is 1. The molecule has 2 rings (SSSR count). The molecule has 0 saturated heterocycles. The quantitative estimate of drug-likeness (QED) is 0.723. The Hall–Kier alpha value is -0.820. The van der Waals surface area contributed by atoms with Crippen LogP contribution in [0.3, 0.4) is 0 Å². The van der Waals surface area contributed by atoms with Crippen molar-refractivity contribution in [3.8, 4) is 0 Å². The molecular formula is C17H27N. The van der Waals surface area contributed by atoms with Crippen molar-refractivity contribution in [3.63, 3.8) is 0 Å². The molecule has 0 saturated carbocycles. The summed E-state index contributed by atoms with van der Waals surface area (Å²) in [6.07, 6.45) is 1.09. The maximum Gasteiger partial charge on any atom is 0.0368 e. The fourth-order valence-electron chi connectivity index (χ4n) is 4.26. The van der Waals surface area contributed by atoms with Gasteiger partial charge in [0.05, 0.1) is 0 Å². The first-order valence-electron chi connectivity index (χ1n) is 6.95. The van der Waals surface area contributed by atoms with E-state index in [-0.39, 0.29) is 22.3 Å². The third-order valence-electron chi connectivity index (χ3n) is 5.07. The van der Waals surface area contributed by atoms with E-state index < -0.39 is 0 Å². The van der Waals surface area contributed by atoms with Gasteiger partial charge in [0.2, 0.25) is 0 Å². The first-order valence-corrected chi connectivity index (χ1v) is 6.95. The molecule has 1 nitrogen and oxygen atoms in total. The summed E-state index contributed by atoms with van der Waals surface area (Å²) in [5, 5.41) is 0. The van der Waals surface area contributed by atoms with Crippen molar-refractivity contribution in [2.75, 3.05) is 0 Å². The van der Waals surface area contributed by atoms with Gasteiger partial charge in [-0.05, 0) is 28.4 Å². The molecule has 2 N–H and O–H groups in total. The summed E-state index contributed by atoms with van der Waals surface area (Å²) in [5.41, 5.74) is 9.97. The third-order valence-corrected chi connectivity index (χ3v) is 5.07. The number of hydrogen-bond acceptors (Lipinski definition) is 1. The van der Waals surface area contributed by atoms with Crippen molar-refractivity contribution in [2.24, 2.45) is 22.0 Å². The van der Waals surface area contributed by atoms with Crippen LogP contribution >= 0.6 is 0 Å². The minimum absolute atomic E-state index is 0.115. The predicted octanol–water partition coefficient (Wildman–Crippen LogP) is 4.32. The van der Waals surface area contributed by atoms with E-state index in [0.717, 1.165) is 6.42 Å². The number of nitrogens with two attached hydrogens (primary N) is 1. The van der Waals surface area contributed by atoms with Gasteiger partial charge in [-0.1, -0.05) is 65.8 Å². The van der Waals surface area contributed by atoms with Gasteiger partial charge in [-0.15, -0.1) is 0 Å². The van der Waals surface area contributed by atoms with E-state index in [1.165, 1.54) is 11.1 Å². The van der Waals surface area contributed by atoms with Crippen LogP contribution in [0.5, 0.6) is 0 Å². The maximum atomic E-state index is 6.70. The summed E-state index contributed by atoms with van der Waals surface area (Å²) < 4.78 is 0. The van der Waals surface area contributed by atoms with Gasteiger partial charge in [0.25, 0.3) is 0 Å². The Bertz CT molecular complexity index is 431. The normalized spacial score (nSPS) is 22.9. The maximum absolute atomic E-state index is 6.70. The molecule has 0 spiro atoms. The highest BCUT2D eigenvalue weighted by atomic mass is 14.8. The summed E-state index contributed by atoms with van der Waals surface area (Å²) in [7, 11) is 0. The molecule has 0 aromatic heterocycles. The van der Waals surface area contributed by atoms with Crippen molar-refractivity contribution in [3.05, 3.63) is 35.4 Å². The second-order valence-electron chi connectivity index (χ2n) is 7.82. The Morgan fingerprint density at radius 2 is 1.50 bits per heavy atom. The third kappa shape index (κ3) is 1.64. The standard InChI is InChI=1S/C17H27N/c1-15(2,3)17(16(4,5)6)11-12-9-7-8-10-13(12)14(17)18/h7-10,14H,11,18H2,1-6H3/t14-/m1/s1. The van der Waals surface area contributed by atoms with E-state index in [2.05, 4.69) is 65.8 Å². The Kier molecular flexibility index (Phi) is 2.90. The molecule has 0 amide bonds. The molecule has 18 heavy (non-hydrogen) atoms. The lowest BCUT2D eigenvalue weighted by Gasteiger charge is -2.54. The van der Waals surface area contributed by atoms with Crippen LogP contribution in [0.25, 0.3) is 0 Å². The predicted molar refractivity (Wildman–Crippen MR) is 78.4 cm³/mol. The highest BCUT2D eigenvalue weighted by Gasteiger charge is 2.57. The van der Waals surface area contributed by atoms with Gasteiger partial charge in [-0.25, -0.2) is 0 Å². The molecule has 1 aromatic carbocycles. The molecule has 0 radical (unpaired) electrons. The van der Waals surface area contributed by atoms with Gasteiger partial charge in [0, 0.05) is 11.5 Å². The van der Waals surface area contributed by atoms with Gasteiger partial charge in [-0.3, -0.25) is 0 Å². The lowest BCUT2D eigenvalue weighted by molar-refractivity contribution is -0.0459. The largest absolute Gasteiger partial charge is 0.323 e. The summed E-state index contributed by atoms with van der Waals surface area (Å²) >= 11 is 0. The van der Waals surface area contributed by atoms with Gasteiger partial charge >= 0.3 is 0 Å². The minimum Gasteiger partial charge on any atom is -0.323 e. The summed E-state index contributed by atoms with van der Waals surface area (Å²) in [6.45, 7) is 14.0. The van der Waals surface area contributed by atoms with Crippen molar-refractivity contribution >= 4 is 0 Å². The zero-order chi connectivity index (χ0) is 13.8. The van der Waals surface area contributed by atoms with Crippen LogP contribution in [-0.2, 0) is 6.42 Å². The molecule has 0 heterocycles. The number of rotatable bonds is 0. The van der Waals surface area contributed by atoms with Crippen molar-refractivity contribution in [1.82, 2.24) is 0 Å². The average Bonchev–Trinajstić information content (AvgIpc) is 2.52. The highest BCUT2D eigenvalue weighted by Crippen LogP contribution is 2.63. The number of benzene rings is 1. The van der Waals surface area contributed by atoms with Crippen LogP contribution < -0.4 is 5.73 Å². The second-order valence-corrected chi connectivity index (χ2v) is 7.82. The lowest BCUT2D eigenvalue weighted by Crippen LogP contribution is -2.51. The molecule has 0 bridgehead atoms. The van der Waals surface area contributed by atoms with E-state index in [4.69, 9.17) is 5.73 Å². The van der Waals surface area contributed by atoms with Crippen LogP contribution in [0.15, 0.2) is 24.3 Å². The Labute approximate surface area is 112 Å². The smallest absolute Gasteiger partial charge is 0.0368 e. The molecule has 100 valence electrons. The fourth-order valence-corrected chi connectivity index (χ4v) is 4.26. The van der Waals surface area contributed by atoms with E-state index in [1.807, 2.05) is 0 Å². The Morgan fingerprint density at radius 3 is 1.94 bits per heavy atom. The lowest BCUT2D eigenvalue weighted by atomic mass is 9.51. The molecule has 1 heteroatoms. The van der Waals surface area contributed by atoms with Crippen LogP contribution in [-0.4, -0.2) is 0 Å². The van der Waals surface area contributed by atoms with E-state index in [1.54, 1.807) is 0 Å². The van der Waals surface area contributed by atoms with Crippen molar-refractivity contribution in [1.29, 1.82) is 0 Å². The Morgan fingerprint density at radius 1 is 1.00 bits per heavy atom. The van der Waals surface area contributed by atoms with Gasteiger partial charge in [-0.2, -0.15) is 0 Å². The van der Waals surface area contributed by atoms with Crippen LogP contribution in [0, 0.1) is 16.2 Å². The molecule has 1 aliphatic rings.